The Morgan fingerprint density at radius 2 is 2.00 bits per heavy atom. The zero-order valence-corrected chi connectivity index (χ0v) is 14.3. The van der Waals surface area contributed by atoms with E-state index in [2.05, 4.69) is 36.3 Å². The molecule has 1 rings (SSSR count). The molecule has 0 fully saturated rings. The Labute approximate surface area is 128 Å². The fourth-order valence-electron chi connectivity index (χ4n) is 1.65. The van der Waals surface area contributed by atoms with Crippen molar-refractivity contribution in [2.24, 2.45) is 0 Å². The van der Waals surface area contributed by atoms with Crippen molar-refractivity contribution in [2.75, 3.05) is 24.4 Å². The fraction of sp³-hybridized carbons (Fsp3) is 0.643. The van der Waals surface area contributed by atoms with Crippen molar-refractivity contribution in [1.29, 1.82) is 0 Å². The maximum atomic E-state index is 12.1. The van der Waals surface area contributed by atoms with Crippen molar-refractivity contribution in [3.05, 3.63) is 17.8 Å². The summed E-state index contributed by atoms with van der Waals surface area (Å²) in [4.78, 5) is 13.6. The van der Waals surface area contributed by atoms with Gasteiger partial charge in [-0.15, -0.1) is 5.10 Å². The third-order valence-electron chi connectivity index (χ3n) is 3.13. The van der Waals surface area contributed by atoms with Gasteiger partial charge in [0.05, 0.1) is 5.69 Å². The molecule has 0 aromatic carbocycles. The van der Waals surface area contributed by atoms with E-state index in [0.29, 0.717) is 11.6 Å². The second-order valence-corrected chi connectivity index (χ2v) is 7.66. The molecule has 1 aromatic rings. The molecule has 1 aromatic heterocycles. The first kappa shape index (κ1) is 17.6. The molecule has 0 spiro atoms. The summed E-state index contributed by atoms with van der Waals surface area (Å²) in [6.45, 7) is 8.01. The Balaban J connectivity index is 2.68. The maximum Gasteiger partial charge on any atom is 0.323 e. The van der Waals surface area contributed by atoms with Gasteiger partial charge < -0.3 is 4.90 Å². The molecule has 0 aliphatic heterocycles. The highest BCUT2D eigenvalue weighted by atomic mass is 32.2. The van der Waals surface area contributed by atoms with Crippen LogP contribution in [-0.2, 0) is 16.2 Å². The largest absolute Gasteiger partial charge is 0.324 e. The quantitative estimate of drug-likeness (QED) is 0.922. The summed E-state index contributed by atoms with van der Waals surface area (Å²) in [5.74, 6) is 0.850. The number of hydrogen-bond donors (Lipinski definition) is 1. The van der Waals surface area contributed by atoms with Crippen LogP contribution in [0.4, 0.5) is 10.6 Å². The zero-order valence-electron chi connectivity index (χ0n) is 13.5. The zero-order chi connectivity index (χ0) is 16.2. The molecule has 2 atom stereocenters. The number of anilines is 1. The van der Waals surface area contributed by atoms with Gasteiger partial charge in [-0.05, 0) is 19.1 Å². The minimum Gasteiger partial charge on any atom is -0.324 e. The number of carbonyl (C=O) groups excluding carboxylic acids is 1. The van der Waals surface area contributed by atoms with Gasteiger partial charge in [0.2, 0.25) is 0 Å². The van der Waals surface area contributed by atoms with E-state index >= 15 is 0 Å². The predicted molar refractivity (Wildman–Crippen MR) is 85.9 cm³/mol. The smallest absolute Gasteiger partial charge is 0.323 e. The Kier molecular flexibility index (Phi) is 5.83. The Hall–Kier alpha value is -1.50. The third-order valence-corrected chi connectivity index (χ3v) is 4.08. The summed E-state index contributed by atoms with van der Waals surface area (Å²) < 4.78 is 11.2. The standard InChI is InChI=1S/C14H24N4O2S/c1-10(9-21(6)20)18(5)13(19)15-12-8-7-11(16-17-12)14(2,3)4/h7-8,10H,9H2,1-6H3,(H,15,17,19)/t10-,21+/m1/s1. The lowest BCUT2D eigenvalue weighted by molar-refractivity contribution is 0.212. The lowest BCUT2D eigenvalue weighted by atomic mass is 9.92. The number of hydrogen-bond acceptors (Lipinski definition) is 4. The molecule has 7 heteroatoms. The van der Waals surface area contributed by atoms with Crippen LogP contribution < -0.4 is 5.32 Å². The lowest BCUT2D eigenvalue weighted by Gasteiger charge is -2.24. The van der Waals surface area contributed by atoms with Gasteiger partial charge >= 0.3 is 6.03 Å². The third kappa shape index (κ3) is 5.41. The van der Waals surface area contributed by atoms with E-state index in [9.17, 15) is 9.00 Å². The number of carbonyl (C=O) groups is 1. The van der Waals surface area contributed by atoms with Crippen molar-refractivity contribution in [2.45, 2.75) is 39.2 Å². The van der Waals surface area contributed by atoms with Crippen LogP contribution in [0.25, 0.3) is 0 Å². The van der Waals surface area contributed by atoms with Gasteiger partial charge in [-0.2, -0.15) is 5.10 Å². The molecule has 0 radical (unpaired) electrons. The van der Waals surface area contributed by atoms with Gasteiger partial charge in [0.25, 0.3) is 0 Å². The number of urea groups is 1. The SMILES string of the molecule is C[C@H](C[S@](C)=O)N(C)C(=O)Nc1ccc(C(C)(C)C)nn1. The first-order valence-electron chi connectivity index (χ1n) is 6.79. The van der Waals surface area contributed by atoms with E-state index in [-0.39, 0.29) is 17.5 Å². The molecule has 6 nitrogen and oxygen atoms in total. The second kappa shape index (κ2) is 6.98. The Morgan fingerprint density at radius 3 is 2.43 bits per heavy atom. The van der Waals surface area contributed by atoms with E-state index in [1.54, 1.807) is 19.4 Å². The average Bonchev–Trinajstić information content (AvgIpc) is 2.36. The maximum absolute atomic E-state index is 12.1. The molecule has 0 aliphatic rings. The fourth-order valence-corrected chi connectivity index (χ4v) is 2.55. The average molecular weight is 312 g/mol. The number of nitrogens with zero attached hydrogens (tertiary/aromatic N) is 3. The van der Waals surface area contributed by atoms with E-state index in [1.165, 1.54) is 4.90 Å². The molecular weight excluding hydrogens is 288 g/mol. The summed E-state index contributed by atoms with van der Waals surface area (Å²) in [6.07, 6.45) is 1.62. The van der Waals surface area contributed by atoms with Gasteiger partial charge in [0, 0.05) is 41.3 Å². The van der Waals surface area contributed by atoms with E-state index in [0.717, 1.165) is 5.69 Å². The van der Waals surface area contributed by atoms with E-state index in [4.69, 9.17) is 0 Å². The van der Waals surface area contributed by atoms with Gasteiger partial charge in [-0.1, -0.05) is 20.8 Å². The molecule has 0 aliphatic carbocycles. The summed E-state index contributed by atoms with van der Waals surface area (Å²) in [5, 5.41) is 10.8. The number of rotatable bonds is 4. The van der Waals surface area contributed by atoms with Crippen molar-refractivity contribution < 1.29 is 9.00 Å². The molecule has 118 valence electrons. The molecular formula is C14H24N4O2S. The number of amides is 2. The normalized spacial score (nSPS) is 14.4. The minimum atomic E-state index is -0.942. The molecule has 1 N–H and O–H groups in total. The molecule has 0 bridgehead atoms. The van der Waals surface area contributed by atoms with Crippen molar-refractivity contribution in [1.82, 2.24) is 15.1 Å². The summed E-state index contributed by atoms with van der Waals surface area (Å²) in [6, 6.07) is 3.19. The topological polar surface area (TPSA) is 75.2 Å². The highest BCUT2D eigenvalue weighted by molar-refractivity contribution is 7.84. The van der Waals surface area contributed by atoms with Crippen LogP contribution in [0.3, 0.4) is 0 Å². The van der Waals surface area contributed by atoms with Crippen molar-refractivity contribution in [3.8, 4) is 0 Å². The molecule has 0 saturated heterocycles. The van der Waals surface area contributed by atoms with Gasteiger partial charge in [0.1, 0.15) is 0 Å². The van der Waals surface area contributed by atoms with Crippen LogP contribution in [0.2, 0.25) is 0 Å². The van der Waals surface area contributed by atoms with Crippen LogP contribution in [0.1, 0.15) is 33.4 Å². The monoisotopic (exact) mass is 312 g/mol. The molecule has 1 heterocycles. The highest BCUT2D eigenvalue weighted by Gasteiger charge is 2.19. The summed E-state index contributed by atoms with van der Waals surface area (Å²) >= 11 is 0. The second-order valence-electron chi connectivity index (χ2n) is 6.18. The van der Waals surface area contributed by atoms with Crippen LogP contribution in [0, 0.1) is 0 Å². The number of aromatic nitrogens is 2. The highest BCUT2D eigenvalue weighted by Crippen LogP contribution is 2.19. The van der Waals surface area contributed by atoms with Crippen LogP contribution >= 0.6 is 0 Å². The van der Waals surface area contributed by atoms with E-state index in [1.807, 2.05) is 13.0 Å². The Morgan fingerprint density at radius 1 is 1.38 bits per heavy atom. The first-order valence-corrected chi connectivity index (χ1v) is 8.52. The summed E-state index contributed by atoms with van der Waals surface area (Å²) in [5.41, 5.74) is 0.787. The van der Waals surface area contributed by atoms with E-state index < -0.39 is 10.8 Å². The predicted octanol–water partition coefficient (Wildman–Crippen LogP) is 2.00. The van der Waals surface area contributed by atoms with Crippen molar-refractivity contribution >= 4 is 22.6 Å². The van der Waals surface area contributed by atoms with Crippen LogP contribution in [0.5, 0.6) is 0 Å². The number of nitrogens with one attached hydrogen (secondary N) is 1. The van der Waals surface area contributed by atoms with Crippen LogP contribution in [0.15, 0.2) is 12.1 Å². The van der Waals surface area contributed by atoms with Gasteiger partial charge in [-0.3, -0.25) is 9.53 Å². The molecule has 0 unspecified atom stereocenters. The first-order chi connectivity index (χ1) is 9.61. The Bertz CT molecular complexity index is 511. The molecule has 2 amide bonds. The van der Waals surface area contributed by atoms with Crippen molar-refractivity contribution in [3.63, 3.8) is 0 Å². The van der Waals surface area contributed by atoms with Gasteiger partial charge in [0.15, 0.2) is 5.82 Å². The lowest BCUT2D eigenvalue weighted by Crippen LogP contribution is -2.41. The molecule has 0 saturated carbocycles. The summed E-state index contributed by atoms with van der Waals surface area (Å²) in [7, 11) is 0.728. The molecule has 21 heavy (non-hydrogen) atoms. The minimum absolute atomic E-state index is 0.0773. The van der Waals surface area contributed by atoms with Gasteiger partial charge in [-0.25, -0.2) is 4.79 Å². The van der Waals surface area contributed by atoms with Crippen LogP contribution in [-0.4, -0.2) is 50.4 Å².